The molecule has 1 aromatic carbocycles. The van der Waals surface area contributed by atoms with E-state index in [-0.39, 0.29) is 5.78 Å². The number of hydrogen-bond acceptors (Lipinski definition) is 2. The first-order chi connectivity index (χ1) is 8.72. The second-order valence-corrected chi connectivity index (χ2v) is 4.47. The van der Waals surface area contributed by atoms with Gasteiger partial charge in [-0.1, -0.05) is 41.9 Å². The average molecular weight is 263 g/mol. The molecule has 0 saturated heterocycles. The number of benzene rings is 1. The first-order valence-electron chi connectivity index (χ1n) is 6.00. The molecule has 0 saturated carbocycles. The molecule has 1 aromatic heterocycles. The van der Waals surface area contributed by atoms with E-state index in [9.17, 15) is 4.79 Å². The van der Waals surface area contributed by atoms with E-state index in [1.165, 1.54) is 6.20 Å². The summed E-state index contributed by atoms with van der Waals surface area (Å²) >= 11 is 6.00. The topological polar surface area (TPSA) is 34.9 Å². The number of halogens is 1. The lowest BCUT2D eigenvalue weighted by molar-refractivity contribution is 0.0972. The van der Waals surface area contributed by atoms with Crippen LogP contribution in [0.2, 0.25) is 5.02 Å². The van der Waals surface area contributed by atoms with Gasteiger partial charge in [-0.2, -0.15) is 5.10 Å². The minimum Gasteiger partial charge on any atom is -0.292 e. The maximum absolute atomic E-state index is 12.1. The van der Waals surface area contributed by atoms with Crippen molar-refractivity contribution in [1.29, 1.82) is 0 Å². The molecule has 2 aromatic rings. The zero-order chi connectivity index (χ0) is 13.0. The Hall–Kier alpha value is -1.61. The Morgan fingerprint density at radius 2 is 2.06 bits per heavy atom. The van der Waals surface area contributed by atoms with Crippen molar-refractivity contribution in [3.8, 4) is 0 Å². The number of Topliss-reactive ketones (excluding diaryl/α,β-unsaturated/α-hetero) is 1. The number of aromatic nitrogens is 2. The van der Waals surface area contributed by atoms with Crippen LogP contribution in [-0.2, 0) is 13.0 Å². The molecular formula is C14H15ClN2O. The molecule has 0 spiro atoms. The highest BCUT2D eigenvalue weighted by molar-refractivity contribution is 6.33. The van der Waals surface area contributed by atoms with Crippen LogP contribution in [0.3, 0.4) is 0 Å². The van der Waals surface area contributed by atoms with E-state index in [1.54, 1.807) is 4.68 Å². The highest BCUT2D eigenvalue weighted by Gasteiger charge is 2.16. The lowest BCUT2D eigenvalue weighted by atomic mass is 10.1. The molecule has 0 unspecified atom stereocenters. The highest BCUT2D eigenvalue weighted by atomic mass is 35.5. The summed E-state index contributed by atoms with van der Waals surface area (Å²) in [7, 11) is 0. The molecule has 18 heavy (non-hydrogen) atoms. The summed E-state index contributed by atoms with van der Waals surface area (Å²) in [6, 6.07) is 9.96. The number of rotatable bonds is 5. The standard InChI is InChI=1S/C14H15ClN2O/c1-2-17-14(12(15)10-16-17)13(18)9-8-11-6-4-3-5-7-11/h3-7,10H,2,8-9H2,1H3. The van der Waals surface area contributed by atoms with Gasteiger partial charge in [0.25, 0.3) is 0 Å². The number of aryl methyl sites for hydroxylation is 2. The summed E-state index contributed by atoms with van der Waals surface area (Å²) in [4.78, 5) is 12.1. The third-order valence-electron chi connectivity index (χ3n) is 2.84. The van der Waals surface area contributed by atoms with E-state index in [4.69, 9.17) is 11.6 Å². The van der Waals surface area contributed by atoms with Gasteiger partial charge < -0.3 is 0 Å². The minimum atomic E-state index is 0.0446. The van der Waals surface area contributed by atoms with Crippen LogP contribution in [0.25, 0.3) is 0 Å². The highest BCUT2D eigenvalue weighted by Crippen LogP contribution is 2.18. The van der Waals surface area contributed by atoms with Crippen LogP contribution in [-0.4, -0.2) is 15.6 Å². The van der Waals surface area contributed by atoms with Gasteiger partial charge in [-0.15, -0.1) is 0 Å². The van der Waals surface area contributed by atoms with Crippen molar-refractivity contribution < 1.29 is 4.79 Å². The molecule has 0 radical (unpaired) electrons. The maximum Gasteiger partial charge on any atom is 0.182 e. The Labute approximate surface area is 111 Å². The molecule has 0 fully saturated rings. The number of ketones is 1. The van der Waals surface area contributed by atoms with Gasteiger partial charge in [0.05, 0.1) is 11.2 Å². The van der Waals surface area contributed by atoms with Gasteiger partial charge in [-0.3, -0.25) is 9.48 Å². The van der Waals surface area contributed by atoms with Gasteiger partial charge in [0, 0.05) is 13.0 Å². The number of hydrogen-bond donors (Lipinski definition) is 0. The molecule has 0 aliphatic heterocycles. The fourth-order valence-corrected chi connectivity index (χ4v) is 2.15. The van der Waals surface area contributed by atoms with Crippen molar-refractivity contribution in [2.24, 2.45) is 0 Å². The van der Waals surface area contributed by atoms with Gasteiger partial charge in [0.15, 0.2) is 5.78 Å². The van der Waals surface area contributed by atoms with Gasteiger partial charge in [-0.25, -0.2) is 0 Å². The molecule has 0 bridgehead atoms. The van der Waals surface area contributed by atoms with Gasteiger partial charge in [0.1, 0.15) is 5.69 Å². The summed E-state index contributed by atoms with van der Waals surface area (Å²) in [6.45, 7) is 2.59. The van der Waals surface area contributed by atoms with Crippen LogP contribution in [0.15, 0.2) is 36.5 Å². The molecule has 0 aliphatic carbocycles. The maximum atomic E-state index is 12.1. The third kappa shape index (κ3) is 2.79. The fraction of sp³-hybridized carbons (Fsp3) is 0.286. The van der Waals surface area contributed by atoms with Crippen LogP contribution >= 0.6 is 11.6 Å². The van der Waals surface area contributed by atoms with Crippen LogP contribution in [0, 0.1) is 0 Å². The predicted octanol–water partition coefficient (Wildman–Crippen LogP) is 3.37. The Morgan fingerprint density at radius 1 is 1.33 bits per heavy atom. The van der Waals surface area contributed by atoms with Crippen molar-refractivity contribution in [1.82, 2.24) is 9.78 Å². The van der Waals surface area contributed by atoms with Crippen molar-refractivity contribution >= 4 is 17.4 Å². The Balaban J connectivity index is 2.06. The fourth-order valence-electron chi connectivity index (χ4n) is 1.90. The summed E-state index contributed by atoms with van der Waals surface area (Å²) < 4.78 is 1.65. The van der Waals surface area contributed by atoms with Crippen LogP contribution in [0.4, 0.5) is 0 Å². The van der Waals surface area contributed by atoms with Crippen molar-refractivity contribution in [2.75, 3.05) is 0 Å². The summed E-state index contributed by atoms with van der Waals surface area (Å²) in [5, 5.41) is 4.51. The summed E-state index contributed by atoms with van der Waals surface area (Å²) in [6.07, 6.45) is 2.71. The molecule has 0 atom stereocenters. The monoisotopic (exact) mass is 262 g/mol. The normalized spacial score (nSPS) is 10.6. The van der Waals surface area contributed by atoms with E-state index in [2.05, 4.69) is 5.10 Å². The van der Waals surface area contributed by atoms with Crippen molar-refractivity contribution in [3.63, 3.8) is 0 Å². The first-order valence-corrected chi connectivity index (χ1v) is 6.38. The number of carbonyl (C=O) groups excluding carboxylic acids is 1. The number of carbonyl (C=O) groups is 1. The second kappa shape index (κ2) is 5.83. The van der Waals surface area contributed by atoms with Crippen LogP contribution in [0.5, 0.6) is 0 Å². The van der Waals surface area contributed by atoms with Gasteiger partial charge in [0.2, 0.25) is 0 Å². The van der Waals surface area contributed by atoms with Crippen LogP contribution < -0.4 is 0 Å². The van der Waals surface area contributed by atoms with E-state index in [0.717, 1.165) is 12.0 Å². The molecule has 4 heteroatoms. The zero-order valence-electron chi connectivity index (χ0n) is 10.3. The molecule has 3 nitrogen and oxygen atoms in total. The van der Waals surface area contributed by atoms with Gasteiger partial charge in [-0.05, 0) is 18.9 Å². The largest absolute Gasteiger partial charge is 0.292 e. The van der Waals surface area contributed by atoms with Crippen molar-refractivity contribution in [2.45, 2.75) is 26.3 Å². The number of nitrogens with zero attached hydrogens (tertiary/aromatic N) is 2. The minimum absolute atomic E-state index is 0.0446. The SMILES string of the molecule is CCn1ncc(Cl)c1C(=O)CCc1ccccc1. The Morgan fingerprint density at radius 3 is 2.72 bits per heavy atom. The predicted molar refractivity (Wildman–Crippen MR) is 72.0 cm³/mol. The molecule has 0 N–H and O–H groups in total. The molecule has 0 aliphatic rings. The molecule has 1 heterocycles. The van der Waals surface area contributed by atoms with Gasteiger partial charge >= 0.3 is 0 Å². The lowest BCUT2D eigenvalue weighted by Crippen LogP contribution is -2.10. The molecule has 94 valence electrons. The zero-order valence-corrected chi connectivity index (χ0v) is 11.0. The first kappa shape index (κ1) is 12.8. The van der Waals surface area contributed by atoms with E-state index >= 15 is 0 Å². The van der Waals surface area contributed by atoms with E-state index in [0.29, 0.717) is 23.7 Å². The molecule has 0 amide bonds. The molecule has 2 rings (SSSR count). The van der Waals surface area contributed by atoms with Crippen LogP contribution in [0.1, 0.15) is 29.4 Å². The lowest BCUT2D eigenvalue weighted by Gasteiger charge is -2.04. The van der Waals surface area contributed by atoms with E-state index in [1.807, 2.05) is 37.3 Å². The van der Waals surface area contributed by atoms with E-state index < -0.39 is 0 Å². The summed E-state index contributed by atoms with van der Waals surface area (Å²) in [5.41, 5.74) is 1.68. The summed E-state index contributed by atoms with van der Waals surface area (Å²) in [5.74, 6) is 0.0446. The third-order valence-corrected chi connectivity index (χ3v) is 3.12. The Bertz CT molecular complexity index is 534. The van der Waals surface area contributed by atoms with Crippen molar-refractivity contribution in [3.05, 3.63) is 52.8 Å². The smallest absolute Gasteiger partial charge is 0.182 e. The Kier molecular flexibility index (Phi) is 4.15. The second-order valence-electron chi connectivity index (χ2n) is 4.07. The quantitative estimate of drug-likeness (QED) is 0.775. The average Bonchev–Trinajstić information content (AvgIpc) is 2.78. The molecular weight excluding hydrogens is 248 g/mol.